The topological polar surface area (TPSA) is 0 Å². The second kappa shape index (κ2) is 6.71. The number of benzene rings is 2. The SMILES string of the molecule is C1=C[C@@H]2[C@@H]([C@@H]3C=C[C@@]4(c5ccccc5)C=CC=C[C@@H]34)C=C[C@]2(c2ccccc2)C=C1. The lowest BCUT2D eigenvalue weighted by Gasteiger charge is -2.41. The average Bonchev–Trinajstić information content (AvgIpc) is 3.40. The van der Waals surface area contributed by atoms with Gasteiger partial charge in [-0.3, -0.25) is 0 Å². The molecule has 0 unspecified atom stereocenters. The van der Waals surface area contributed by atoms with Crippen LogP contribution in [0.25, 0.3) is 0 Å². The Morgan fingerprint density at radius 3 is 1.30 bits per heavy atom. The highest BCUT2D eigenvalue weighted by Gasteiger charge is 2.52. The van der Waals surface area contributed by atoms with Crippen molar-refractivity contribution in [1.29, 1.82) is 0 Å². The van der Waals surface area contributed by atoms with Crippen molar-refractivity contribution in [1.82, 2.24) is 0 Å². The zero-order valence-electron chi connectivity index (χ0n) is 17.0. The number of rotatable bonds is 3. The Kier molecular flexibility index (Phi) is 3.96. The molecule has 0 heteroatoms. The summed E-state index contributed by atoms with van der Waals surface area (Å²) in [6.07, 6.45) is 28.6. The highest BCUT2D eigenvalue weighted by atomic mass is 14.5. The van der Waals surface area contributed by atoms with Gasteiger partial charge in [-0.15, -0.1) is 0 Å². The third-order valence-electron chi connectivity index (χ3n) is 7.72. The molecule has 0 aromatic heterocycles. The molecule has 30 heavy (non-hydrogen) atoms. The van der Waals surface area contributed by atoms with Gasteiger partial charge in [-0.2, -0.15) is 0 Å². The molecular weight excluding hydrogens is 360 g/mol. The monoisotopic (exact) mass is 386 g/mol. The zero-order chi connectivity index (χ0) is 20.0. The van der Waals surface area contributed by atoms with Crippen LogP contribution in [0.5, 0.6) is 0 Å². The molecule has 4 aliphatic rings. The lowest BCUT2D eigenvalue weighted by molar-refractivity contribution is 0.267. The van der Waals surface area contributed by atoms with Crippen LogP contribution in [0.4, 0.5) is 0 Å². The van der Waals surface area contributed by atoms with E-state index in [0.29, 0.717) is 23.7 Å². The van der Waals surface area contributed by atoms with E-state index in [1.54, 1.807) is 0 Å². The molecule has 0 nitrogen and oxygen atoms in total. The van der Waals surface area contributed by atoms with E-state index in [-0.39, 0.29) is 10.8 Å². The summed E-state index contributed by atoms with van der Waals surface area (Å²) in [6.45, 7) is 0. The summed E-state index contributed by atoms with van der Waals surface area (Å²) in [7, 11) is 0. The standard InChI is InChI=1S/C30H26/c1-3-11-23(12-4-1)29-19-9-7-15-27(29)25(17-21-29)26-18-22-30(20-10-8-16-28(26)30)24-13-5-2-6-14-24/h1-22,25-28H/t25-,26+,27-,28+,29+,30-. The molecular formula is C30H26. The van der Waals surface area contributed by atoms with Gasteiger partial charge in [0.2, 0.25) is 0 Å². The van der Waals surface area contributed by atoms with Crippen LogP contribution < -0.4 is 0 Å². The summed E-state index contributed by atoms with van der Waals surface area (Å²) >= 11 is 0. The lowest BCUT2D eigenvalue weighted by Crippen LogP contribution is -2.38. The molecule has 6 rings (SSSR count). The normalized spacial score (nSPS) is 37.5. The second-order valence-electron chi connectivity index (χ2n) is 9.01. The number of hydrogen-bond acceptors (Lipinski definition) is 0. The molecule has 4 aliphatic carbocycles. The van der Waals surface area contributed by atoms with E-state index in [1.165, 1.54) is 11.1 Å². The van der Waals surface area contributed by atoms with Gasteiger partial charge in [0.05, 0.1) is 0 Å². The summed E-state index contributed by atoms with van der Waals surface area (Å²) in [4.78, 5) is 0. The quantitative estimate of drug-likeness (QED) is 0.514. The lowest BCUT2D eigenvalue weighted by atomic mass is 9.61. The summed E-state index contributed by atoms with van der Waals surface area (Å²) in [6, 6.07) is 22.0. The number of hydrogen-bond donors (Lipinski definition) is 0. The number of fused-ring (bicyclic) bond motifs is 2. The van der Waals surface area contributed by atoms with E-state index in [4.69, 9.17) is 0 Å². The molecule has 0 saturated carbocycles. The average molecular weight is 387 g/mol. The van der Waals surface area contributed by atoms with E-state index in [1.807, 2.05) is 0 Å². The maximum atomic E-state index is 2.50. The van der Waals surface area contributed by atoms with Crippen molar-refractivity contribution >= 4 is 0 Å². The van der Waals surface area contributed by atoms with Gasteiger partial charge in [0, 0.05) is 22.7 Å². The van der Waals surface area contributed by atoms with Gasteiger partial charge < -0.3 is 0 Å². The van der Waals surface area contributed by atoms with E-state index in [2.05, 4.69) is 134 Å². The number of allylic oxidation sites excluding steroid dienone is 12. The zero-order valence-corrected chi connectivity index (χ0v) is 17.0. The summed E-state index contributed by atoms with van der Waals surface area (Å²) < 4.78 is 0. The molecule has 6 atom stereocenters. The van der Waals surface area contributed by atoms with Crippen LogP contribution in [0.15, 0.2) is 134 Å². The first-order valence-electron chi connectivity index (χ1n) is 11.1. The van der Waals surface area contributed by atoms with Crippen LogP contribution in [0.1, 0.15) is 11.1 Å². The van der Waals surface area contributed by atoms with Gasteiger partial charge in [-0.25, -0.2) is 0 Å². The van der Waals surface area contributed by atoms with Crippen LogP contribution in [0.2, 0.25) is 0 Å². The Morgan fingerprint density at radius 1 is 0.433 bits per heavy atom. The Hall–Kier alpha value is -3.12. The first-order valence-corrected chi connectivity index (χ1v) is 11.1. The highest BCUT2D eigenvalue weighted by Crippen LogP contribution is 2.57. The maximum Gasteiger partial charge on any atom is 0.0383 e. The van der Waals surface area contributed by atoms with Gasteiger partial charge in [0.25, 0.3) is 0 Å². The van der Waals surface area contributed by atoms with Gasteiger partial charge in [0.15, 0.2) is 0 Å². The molecule has 0 amide bonds. The molecule has 0 bridgehead atoms. The Labute approximate surface area is 179 Å². The molecule has 0 radical (unpaired) electrons. The van der Waals surface area contributed by atoms with Crippen LogP contribution in [-0.2, 0) is 10.8 Å². The minimum Gasteiger partial charge on any atom is -0.0829 e. The van der Waals surface area contributed by atoms with E-state index >= 15 is 0 Å². The minimum atomic E-state index is -0.0270. The maximum absolute atomic E-state index is 2.50. The fourth-order valence-electron chi connectivity index (χ4n) is 6.30. The van der Waals surface area contributed by atoms with Crippen molar-refractivity contribution in [3.05, 3.63) is 145 Å². The Bertz CT molecular complexity index is 1020. The minimum absolute atomic E-state index is 0.0270. The van der Waals surface area contributed by atoms with Crippen LogP contribution in [0.3, 0.4) is 0 Å². The largest absolute Gasteiger partial charge is 0.0829 e. The molecule has 2 aromatic rings. The van der Waals surface area contributed by atoms with Crippen molar-refractivity contribution < 1.29 is 0 Å². The molecule has 2 aromatic carbocycles. The van der Waals surface area contributed by atoms with E-state index < -0.39 is 0 Å². The summed E-state index contributed by atoms with van der Waals surface area (Å²) in [5.41, 5.74) is 2.73. The fraction of sp³-hybridized carbons (Fsp3) is 0.200. The molecule has 0 spiro atoms. The predicted octanol–water partition coefficient (Wildman–Crippen LogP) is 6.72. The first kappa shape index (κ1) is 17.7. The molecule has 146 valence electrons. The van der Waals surface area contributed by atoms with Crippen molar-refractivity contribution in [2.24, 2.45) is 23.7 Å². The first-order chi connectivity index (χ1) is 14.8. The fourth-order valence-corrected chi connectivity index (χ4v) is 6.30. The second-order valence-corrected chi connectivity index (χ2v) is 9.01. The van der Waals surface area contributed by atoms with E-state index in [9.17, 15) is 0 Å². The van der Waals surface area contributed by atoms with Crippen molar-refractivity contribution in [3.63, 3.8) is 0 Å². The Morgan fingerprint density at radius 2 is 0.867 bits per heavy atom. The third kappa shape index (κ3) is 2.40. The van der Waals surface area contributed by atoms with Crippen LogP contribution in [-0.4, -0.2) is 0 Å². The molecule has 0 saturated heterocycles. The smallest absolute Gasteiger partial charge is 0.0383 e. The highest BCUT2D eigenvalue weighted by molar-refractivity contribution is 5.51. The third-order valence-corrected chi connectivity index (χ3v) is 7.72. The van der Waals surface area contributed by atoms with Crippen LogP contribution >= 0.6 is 0 Å². The Balaban J connectivity index is 1.40. The van der Waals surface area contributed by atoms with Crippen molar-refractivity contribution in [2.75, 3.05) is 0 Å². The van der Waals surface area contributed by atoms with Crippen LogP contribution in [0, 0.1) is 23.7 Å². The van der Waals surface area contributed by atoms with Crippen molar-refractivity contribution in [2.45, 2.75) is 10.8 Å². The summed E-state index contributed by atoms with van der Waals surface area (Å²) in [5, 5.41) is 0. The van der Waals surface area contributed by atoms with Gasteiger partial charge in [-0.05, 0) is 23.0 Å². The van der Waals surface area contributed by atoms with Gasteiger partial charge in [-0.1, -0.05) is 134 Å². The van der Waals surface area contributed by atoms with E-state index in [0.717, 1.165) is 0 Å². The van der Waals surface area contributed by atoms with Crippen molar-refractivity contribution in [3.8, 4) is 0 Å². The molecule has 0 aliphatic heterocycles. The molecule has 0 heterocycles. The van der Waals surface area contributed by atoms with Gasteiger partial charge in [0.1, 0.15) is 0 Å². The predicted molar refractivity (Wildman–Crippen MR) is 125 cm³/mol. The molecule has 0 N–H and O–H groups in total. The summed E-state index contributed by atoms with van der Waals surface area (Å²) in [5.74, 6) is 1.86. The molecule has 0 fully saturated rings. The van der Waals surface area contributed by atoms with Gasteiger partial charge >= 0.3 is 0 Å².